The van der Waals surface area contributed by atoms with Gasteiger partial charge in [0.05, 0.1) is 6.54 Å². The second-order valence-corrected chi connectivity index (χ2v) is 6.31. The Morgan fingerprint density at radius 2 is 0.905 bits per heavy atom. The van der Waals surface area contributed by atoms with Gasteiger partial charge < -0.3 is 0 Å². The lowest BCUT2D eigenvalue weighted by Gasteiger charge is -2.03. The average molecular weight is 297 g/mol. The molecule has 0 aromatic heterocycles. The second-order valence-electron chi connectivity index (χ2n) is 6.31. The van der Waals surface area contributed by atoms with E-state index >= 15 is 0 Å². The SMILES string of the molecule is CCCCCCCCCCCCCCCCCCN[N+]#N. The lowest BCUT2D eigenvalue weighted by atomic mass is 10.0. The van der Waals surface area contributed by atoms with E-state index in [4.69, 9.17) is 5.39 Å². The van der Waals surface area contributed by atoms with Crippen molar-refractivity contribution in [2.24, 2.45) is 0 Å². The van der Waals surface area contributed by atoms with Crippen LogP contribution in [0.3, 0.4) is 0 Å². The van der Waals surface area contributed by atoms with E-state index in [9.17, 15) is 0 Å². The first-order valence-electron chi connectivity index (χ1n) is 9.48. The lowest BCUT2D eigenvalue weighted by Crippen LogP contribution is -2.03. The number of nitrogens with one attached hydrogen (secondary N) is 1. The number of hydrogen-bond donors (Lipinski definition) is 1. The highest BCUT2D eigenvalue weighted by atomic mass is 15.3. The van der Waals surface area contributed by atoms with Crippen molar-refractivity contribution in [3.63, 3.8) is 0 Å². The van der Waals surface area contributed by atoms with E-state index in [1.807, 2.05) is 0 Å². The molecule has 0 aromatic carbocycles. The third-order valence-corrected chi connectivity index (χ3v) is 4.21. The molecule has 0 radical (unpaired) electrons. The van der Waals surface area contributed by atoms with Gasteiger partial charge in [0, 0.05) is 0 Å². The number of rotatable bonds is 17. The van der Waals surface area contributed by atoms with E-state index in [1.54, 1.807) is 0 Å². The van der Waals surface area contributed by atoms with Crippen molar-refractivity contribution in [2.75, 3.05) is 6.54 Å². The quantitative estimate of drug-likeness (QED) is 0.186. The van der Waals surface area contributed by atoms with Gasteiger partial charge in [0.2, 0.25) is 0 Å². The van der Waals surface area contributed by atoms with Gasteiger partial charge in [-0.25, -0.2) is 0 Å². The molecule has 0 spiro atoms. The summed E-state index contributed by atoms with van der Waals surface area (Å²) in [4.78, 5) is 0. The van der Waals surface area contributed by atoms with Crippen molar-refractivity contribution < 1.29 is 0 Å². The van der Waals surface area contributed by atoms with Crippen LogP contribution in [0.15, 0.2) is 0 Å². The largest absolute Gasteiger partial charge is 0.302 e. The minimum absolute atomic E-state index is 0.801. The standard InChI is InChI=1S/C18H38N3/c1-2-3-4-5-6-7-8-9-10-11-12-13-14-15-16-17-18-20-21-19/h20H,2-18H2,1H3/q+1. The highest BCUT2D eigenvalue weighted by Gasteiger charge is 1.95. The van der Waals surface area contributed by atoms with Gasteiger partial charge in [-0.3, -0.25) is 0 Å². The Hall–Kier alpha value is -0.780. The van der Waals surface area contributed by atoms with Gasteiger partial charge in [0.25, 0.3) is 5.39 Å². The predicted octanol–water partition coefficient (Wildman–Crippen LogP) is 6.61. The van der Waals surface area contributed by atoms with Gasteiger partial charge >= 0.3 is 5.08 Å². The minimum atomic E-state index is 0.801. The second kappa shape index (κ2) is 19.2. The molecule has 1 N–H and O–H groups in total. The first-order chi connectivity index (χ1) is 10.4. The fraction of sp³-hybridized carbons (Fsp3) is 1.00. The molecule has 0 aliphatic rings. The number of hydrogen-bond acceptors (Lipinski definition) is 2. The molecule has 21 heavy (non-hydrogen) atoms. The van der Waals surface area contributed by atoms with Crippen LogP contribution in [0.1, 0.15) is 110 Å². The Bertz CT molecular complexity index is 223. The number of unbranched alkanes of at least 4 members (excludes halogenated alkanes) is 15. The molecule has 124 valence electrons. The maximum Gasteiger partial charge on any atom is 0.302 e. The summed E-state index contributed by atoms with van der Waals surface area (Å²) in [5.74, 6) is 0. The molecule has 0 bridgehead atoms. The molecular formula is C18H38N3+. The molecule has 0 saturated heterocycles. The van der Waals surface area contributed by atoms with Crippen LogP contribution < -0.4 is 5.43 Å². The summed E-state index contributed by atoms with van der Waals surface area (Å²) in [6.07, 6.45) is 22.2. The van der Waals surface area contributed by atoms with Crippen molar-refractivity contribution in [3.8, 4) is 0 Å². The van der Waals surface area contributed by atoms with Crippen LogP contribution >= 0.6 is 0 Å². The van der Waals surface area contributed by atoms with Crippen LogP contribution in [0.4, 0.5) is 0 Å². The van der Waals surface area contributed by atoms with Crippen molar-refractivity contribution in [2.45, 2.75) is 110 Å². The van der Waals surface area contributed by atoms with E-state index in [-0.39, 0.29) is 0 Å². The third-order valence-electron chi connectivity index (χ3n) is 4.21. The van der Waals surface area contributed by atoms with Crippen LogP contribution in [0.25, 0.3) is 5.08 Å². The molecule has 0 aliphatic carbocycles. The number of diazo groups is 1. The molecule has 0 unspecified atom stereocenters. The maximum atomic E-state index is 8.21. The van der Waals surface area contributed by atoms with E-state index < -0.39 is 0 Å². The van der Waals surface area contributed by atoms with Gasteiger partial charge in [-0.05, 0) is 11.8 Å². The normalized spacial score (nSPS) is 10.5. The summed E-state index contributed by atoms with van der Waals surface area (Å²) in [6, 6.07) is 0. The lowest BCUT2D eigenvalue weighted by molar-refractivity contribution is 0.528. The smallest absolute Gasteiger partial charge is 0.0654 e. The molecule has 3 heteroatoms. The zero-order chi connectivity index (χ0) is 15.4. The summed E-state index contributed by atoms with van der Waals surface area (Å²) < 4.78 is 0. The van der Waals surface area contributed by atoms with Gasteiger partial charge in [-0.2, -0.15) is 0 Å². The molecule has 0 atom stereocenters. The summed E-state index contributed by atoms with van der Waals surface area (Å²) in [5.41, 5.74) is 2.58. The fourth-order valence-corrected chi connectivity index (χ4v) is 2.80. The van der Waals surface area contributed by atoms with Crippen LogP contribution in [-0.4, -0.2) is 6.54 Å². The van der Waals surface area contributed by atoms with Crippen molar-refractivity contribution in [3.05, 3.63) is 5.08 Å². The van der Waals surface area contributed by atoms with Crippen molar-refractivity contribution >= 4 is 0 Å². The van der Waals surface area contributed by atoms with Crippen LogP contribution in [0, 0.1) is 5.39 Å². The molecule has 0 rings (SSSR count). The molecule has 3 nitrogen and oxygen atoms in total. The van der Waals surface area contributed by atoms with Gasteiger partial charge in [-0.15, -0.1) is 0 Å². The average Bonchev–Trinajstić information content (AvgIpc) is 2.50. The molecule has 0 heterocycles. The Kier molecular flexibility index (Phi) is 18.5. The first-order valence-corrected chi connectivity index (χ1v) is 9.48. The Morgan fingerprint density at radius 1 is 0.571 bits per heavy atom. The zero-order valence-corrected chi connectivity index (χ0v) is 14.4. The maximum absolute atomic E-state index is 8.21. The van der Waals surface area contributed by atoms with Crippen molar-refractivity contribution in [1.29, 1.82) is 5.39 Å². The molecule has 0 aliphatic heterocycles. The molecular weight excluding hydrogens is 258 g/mol. The monoisotopic (exact) mass is 296 g/mol. The molecule has 0 amide bonds. The zero-order valence-electron chi connectivity index (χ0n) is 14.4. The summed E-state index contributed by atoms with van der Waals surface area (Å²) in [5, 5.41) is 11.1. The van der Waals surface area contributed by atoms with E-state index in [1.165, 1.54) is 96.3 Å². The van der Waals surface area contributed by atoms with E-state index in [0.717, 1.165) is 13.0 Å². The van der Waals surface area contributed by atoms with Crippen LogP contribution in [-0.2, 0) is 0 Å². The topological polar surface area (TPSA) is 40.2 Å². The highest BCUT2D eigenvalue weighted by Crippen LogP contribution is 2.13. The number of nitrogens with zero attached hydrogens (tertiary/aromatic N) is 2. The third kappa shape index (κ3) is 19.2. The summed E-state index contributed by atoms with van der Waals surface area (Å²) in [7, 11) is 0. The summed E-state index contributed by atoms with van der Waals surface area (Å²) in [6.45, 7) is 3.08. The minimum Gasteiger partial charge on any atom is -0.0654 e. The van der Waals surface area contributed by atoms with Gasteiger partial charge in [-0.1, -0.05) is 103 Å². The molecule has 0 saturated carbocycles. The summed E-state index contributed by atoms with van der Waals surface area (Å²) >= 11 is 0. The molecule has 0 aromatic rings. The van der Waals surface area contributed by atoms with Gasteiger partial charge in [0.1, 0.15) is 0 Å². The Labute approximate surface area is 132 Å². The first kappa shape index (κ1) is 20.2. The molecule has 0 fully saturated rings. The predicted molar refractivity (Wildman–Crippen MR) is 92.6 cm³/mol. The van der Waals surface area contributed by atoms with E-state index in [2.05, 4.69) is 17.4 Å². The van der Waals surface area contributed by atoms with Crippen LogP contribution in [0.5, 0.6) is 0 Å². The van der Waals surface area contributed by atoms with Crippen molar-refractivity contribution in [1.82, 2.24) is 5.43 Å². The Morgan fingerprint density at radius 3 is 1.24 bits per heavy atom. The van der Waals surface area contributed by atoms with Crippen LogP contribution in [0.2, 0.25) is 0 Å². The van der Waals surface area contributed by atoms with E-state index in [0.29, 0.717) is 0 Å². The fourth-order valence-electron chi connectivity index (χ4n) is 2.80. The van der Waals surface area contributed by atoms with Gasteiger partial charge in [0.15, 0.2) is 0 Å². The Balaban J connectivity index is 2.92. The highest BCUT2D eigenvalue weighted by molar-refractivity contribution is 4.51.